The number of pyridine rings is 2. The topological polar surface area (TPSA) is 101 Å². The molecule has 3 rings (SSSR count). The van der Waals surface area contributed by atoms with Crippen LogP contribution < -0.4 is 10.9 Å². The number of aromatic nitrogens is 2. The monoisotopic (exact) mass is 495 g/mol. The summed E-state index contributed by atoms with van der Waals surface area (Å²) in [6.45, 7) is 7.67. The number of nitrogens with zero attached hydrogens (tertiary/aromatic N) is 2. The maximum absolute atomic E-state index is 13.4. The summed E-state index contributed by atoms with van der Waals surface area (Å²) in [5.74, 6) is -1.36. The number of carbonyl (C=O) groups excluding carboxylic acids is 1. The molecule has 3 aromatic rings. The molecule has 8 heteroatoms. The Morgan fingerprint density at radius 3 is 2.51 bits per heavy atom. The number of rotatable bonds is 9. The molecule has 1 amide bonds. The number of aliphatic carboxylic acids is 1. The first-order valence-corrected chi connectivity index (χ1v) is 11.9. The van der Waals surface area contributed by atoms with Gasteiger partial charge in [0.2, 0.25) is 5.91 Å². The first-order valence-electron chi connectivity index (χ1n) is 11.5. The molecular formula is C27H30ClN3O4. The average molecular weight is 496 g/mol. The van der Waals surface area contributed by atoms with E-state index >= 15 is 0 Å². The predicted molar refractivity (Wildman–Crippen MR) is 136 cm³/mol. The van der Waals surface area contributed by atoms with Crippen LogP contribution in [0.2, 0.25) is 5.02 Å². The maximum atomic E-state index is 13.4. The highest BCUT2D eigenvalue weighted by molar-refractivity contribution is 6.33. The molecule has 0 spiro atoms. The molecule has 0 saturated heterocycles. The molecule has 2 unspecified atom stereocenters. The lowest BCUT2D eigenvalue weighted by Crippen LogP contribution is -2.40. The number of aryl methyl sites for hydroxylation is 2. The predicted octanol–water partition coefficient (Wildman–Crippen LogP) is 5.10. The van der Waals surface area contributed by atoms with Crippen LogP contribution in [0.4, 0.5) is 0 Å². The van der Waals surface area contributed by atoms with Crippen molar-refractivity contribution in [1.82, 2.24) is 14.9 Å². The van der Waals surface area contributed by atoms with Gasteiger partial charge < -0.3 is 15.0 Å². The maximum Gasteiger partial charge on any atom is 0.305 e. The van der Waals surface area contributed by atoms with Crippen molar-refractivity contribution < 1.29 is 14.7 Å². The summed E-state index contributed by atoms with van der Waals surface area (Å²) < 4.78 is 1.40. The number of carboxylic acid groups (broad SMARTS) is 1. The highest BCUT2D eigenvalue weighted by atomic mass is 35.5. The summed E-state index contributed by atoms with van der Waals surface area (Å²) in [5.41, 5.74) is 3.54. The van der Waals surface area contributed by atoms with Crippen molar-refractivity contribution in [2.24, 2.45) is 5.92 Å². The van der Waals surface area contributed by atoms with E-state index in [4.69, 9.17) is 11.6 Å². The number of carbonyl (C=O) groups is 2. The first kappa shape index (κ1) is 26.2. The van der Waals surface area contributed by atoms with Gasteiger partial charge in [-0.15, -0.1) is 0 Å². The van der Waals surface area contributed by atoms with E-state index in [-0.39, 0.29) is 17.9 Å². The van der Waals surface area contributed by atoms with Gasteiger partial charge in [0.1, 0.15) is 6.04 Å². The molecule has 0 fully saturated rings. The summed E-state index contributed by atoms with van der Waals surface area (Å²) in [7, 11) is 0. The molecule has 0 saturated carbocycles. The van der Waals surface area contributed by atoms with Crippen LogP contribution in [0.5, 0.6) is 0 Å². The van der Waals surface area contributed by atoms with Crippen molar-refractivity contribution in [3.8, 4) is 11.1 Å². The third-order valence-corrected chi connectivity index (χ3v) is 6.12. The van der Waals surface area contributed by atoms with Gasteiger partial charge >= 0.3 is 5.97 Å². The first-order chi connectivity index (χ1) is 16.6. The van der Waals surface area contributed by atoms with Crippen LogP contribution in [0, 0.1) is 19.8 Å². The van der Waals surface area contributed by atoms with E-state index in [9.17, 15) is 19.5 Å². The number of amides is 1. The second-order valence-electron chi connectivity index (χ2n) is 9.19. The molecule has 2 aromatic heterocycles. The molecule has 1 aromatic carbocycles. The molecule has 35 heavy (non-hydrogen) atoms. The molecule has 0 radical (unpaired) electrons. The van der Waals surface area contributed by atoms with Gasteiger partial charge in [0.15, 0.2) is 0 Å². The SMILES string of the molecule is Cc1ccn(C(CC(C)C)C(=O)NC(CC(=O)O)c2cncc(-c3c(C)cccc3Cl)c2)c(=O)c1. The van der Waals surface area contributed by atoms with Crippen molar-refractivity contribution in [3.63, 3.8) is 0 Å². The zero-order valence-corrected chi connectivity index (χ0v) is 21.0. The number of nitrogens with one attached hydrogen (secondary N) is 1. The fraction of sp³-hybridized carbons (Fsp3) is 0.333. The van der Waals surface area contributed by atoms with E-state index in [0.29, 0.717) is 17.0 Å². The van der Waals surface area contributed by atoms with Gasteiger partial charge in [0.05, 0.1) is 12.5 Å². The minimum Gasteiger partial charge on any atom is -0.481 e. The van der Waals surface area contributed by atoms with Crippen molar-refractivity contribution in [3.05, 3.63) is 87.1 Å². The van der Waals surface area contributed by atoms with E-state index < -0.39 is 24.0 Å². The summed E-state index contributed by atoms with van der Waals surface area (Å²) in [6, 6.07) is 9.00. The van der Waals surface area contributed by atoms with Crippen molar-refractivity contribution >= 4 is 23.5 Å². The van der Waals surface area contributed by atoms with Crippen molar-refractivity contribution in [2.45, 2.75) is 52.6 Å². The van der Waals surface area contributed by atoms with Crippen LogP contribution in [0.15, 0.2) is 59.8 Å². The van der Waals surface area contributed by atoms with Gasteiger partial charge in [0.25, 0.3) is 5.56 Å². The Bertz CT molecular complexity index is 1270. The third kappa shape index (κ3) is 6.57. The third-order valence-electron chi connectivity index (χ3n) is 5.80. The smallest absolute Gasteiger partial charge is 0.305 e. The van der Waals surface area contributed by atoms with Gasteiger partial charge in [-0.1, -0.05) is 37.6 Å². The Morgan fingerprint density at radius 2 is 1.89 bits per heavy atom. The Hall–Kier alpha value is -3.45. The quantitative estimate of drug-likeness (QED) is 0.430. The van der Waals surface area contributed by atoms with Gasteiger partial charge in [-0.3, -0.25) is 19.4 Å². The Labute approximate surface area is 209 Å². The van der Waals surface area contributed by atoms with E-state index in [1.807, 2.05) is 39.8 Å². The van der Waals surface area contributed by atoms with Gasteiger partial charge in [-0.05, 0) is 61.1 Å². The molecule has 2 N–H and O–H groups in total. The van der Waals surface area contributed by atoms with E-state index in [2.05, 4.69) is 10.3 Å². The van der Waals surface area contributed by atoms with Crippen LogP contribution in [0.3, 0.4) is 0 Å². The van der Waals surface area contributed by atoms with Crippen LogP contribution >= 0.6 is 11.6 Å². The molecular weight excluding hydrogens is 466 g/mol. The van der Waals surface area contributed by atoms with E-state index in [0.717, 1.165) is 22.3 Å². The van der Waals surface area contributed by atoms with Gasteiger partial charge in [0, 0.05) is 40.8 Å². The second kappa shape index (κ2) is 11.3. The van der Waals surface area contributed by atoms with Gasteiger partial charge in [-0.2, -0.15) is 0 Å². The highest BCUT2D eigenvalue weighted by Crippen LogP contribution is 2.32. The minimum atomic E-state index is -1.07. The molecule has 7 nitrogen and oxygen atoms in total. The zero-order valence-electron chi connectivity index (χ0n) is 20.3. The van der Waals surface area contributed by atoms with Crippen LogP contribution in [-0.2, 0) is 9.59 Å². The van der Waals surface area contributed by atoms with Crippen LogP contribution in [0.25, 0.3) is 11.1 Å². The molecule has 0 aliphatic rings. The lowest BCUT2D eigenvalue weighted by Gasteiger charge is -2.25. The number of carboxylic acids is 1. The minimum absolute atomic E-state index is 0.130. The zero-order chi connectivity index (χ0) is 25.7. The number of hydrogen-bond donors (Lipinski definition) is 2. The molecule has 0 bridgehead atoms. The Kier molecular flexibility index (Phi) is 8.46. The standard InChI is InChI=1S/C27H30ClN3O4/c1-16(2)10-23(31-9-8-17(3)11-24(31)32)27(35)30-22(13-25(33)34)19-12-20(15-29-14-19)26-18(4)6-5-7-21(26)28/h5-9,11-12,14-16,22-23H,10,13H2,1-4H3,(H,30,35)(H,33,34). The molecule has 184 valence electrons. The summed E-state index contributed by atoms with van der Waals surface area (Å²) in [5, 5.41) is 13.0. The molecule has 2 heterocycles. The number of benzene rings is 1. The van der Waals surface area contributed by atoms with Crippen molar-refractivity contribution in [1.29, 1.82) is 0 Å². The summed E-state index contributed by atoms with van der Waals surface area (Å²) in [6.07, 6.45) is 4.89. The highest BCUT2D eigenvalue weighted by Gasteiger charge is 2.27. The molecule has 0 aliphatic carbocycles. The summed E-state index contributed by atoms with van der Waals surface area (Å²) in [4.78, 5) is 42.1. The van der Waals surface area contributed by atoms with E-state index in [1.165, 1.54) is 10.6 Å². The van der Waals surface area contributed by atoms with E-state index in [1.54, 1.807) is 36.8 Å². The molecule has 2 atom stereocenters. The second-order valence-corrected chi connectivity index (χ2v) is 9.60. The lowest BCUT2D eigenvalue weighted by atomic mass is 9.97. The lowest BCUT2D eigenvalue weighted by molar-refractivity contribution is -0.138. The average Bonchev–Trinajstić information content (AvgIpc) is 2.77. The molecule has 0 aliphatic heterocycles. The van der Waals surface area contributed by atoms with Crippen LogP contribution in [-0.4, -0.2) is 26.5 Å². The number of hydrogen-bond acceptors (Lipinski definition) is 4. The fourth-order valence-corrected chi connectivity index (χ4v) is 4.45. The fourth-order valence-electron chi connectivity index (χ4n) is 4.12. The largest absolute Gasteiger partial charge is 0.481 e. The normalized spacial score (nSPS) is 12.9. The van der Waals surface area contributed by atoms with Crippen LogP contribution in [0.1, 0.15) is 55.5 Å². The number of halogens is 1. The van der Waals surface area contributed by atoms with Crippen molar-refractivity contribution in [2.75, 3.05) is 0 Å². The Balaban J connectivity index is 1.98. The van der Waals surface area contributed by atoms with Gasteiger partial charge in [-0.25, -0.2) is 0 Å². The Morgan fingerprint density at radius 1 is 1.14 bits per heavy atom. The summed E-state index contributed by atoms with van der Waals surface area (Å²) >= 11 is 6.42.